The van der Waals surface area contributed by atoms with Crippen molar-refractivity contribution in [2.75, 3.05) is 6.54 Å². The molecule has 1 N–H and O–H groups in total. The third-order valence-corrected chi connectivity index (χ3v) is 3.13. The van der Waals surface area contributed by atoms with E-state index < -0.39 is 0 Å². The topological polar surface area (TPSA) is 24.9 Å². The van der Waals surface area contributed by atoms with Gasteiger partial charge in [0.15, 0.2) is 0 Å². The van der Waals surface area contributed by atoms with E-state index in [-0.39, 0.29) is 0 Å². The van der Waals surface area contributed by atoms with E-state index in [0.29, 0.717) is 6.04 Å². The van der Waals surface area contributed by atoms with Gasteiger partial charge in [0.05, 0.1) is 5.69 Å². The molecule has 0 aliphatic carbocycles. The standard InChI is InChI=1S/C12H19BrN2/c1-3-6-10(14-4-2)9-12-11(13)7-5-8-15-12/h5,7-8,10,14H,3-4,6,9H2,1-2H3. The first-order valence-electron chi connectivity index (χ1n) is 5.60. The van der Waals surface area contributed by atoms with Crippen LogP contribution in [0.4, 0.5) is 0 Å². The second kappa shape index (κ2) is 6.96. The van der Waals surface area contributed by atoms with Gasteiger partial charge < -0.3 is 5.32 Å². The van der Waals surface area contributed by atoms with Crippen molar-refractivity contribution in [3.63, 3.8) is 0 Å². The molecular formula is C12H19BrN2. The fraction of sp³-hybridized carbons (Fsp3) is 0.583. The highest BCUT2D eigenvalue weighted by Gasteiger charge is 2.09. The van der Waals surface area contributed by atoms with Crippen LogP contribution in [0.2, 0.25) is 0 Å². The summed E-state index contributed by atoms with van der Waals surface area (Å²) in [5.41, 5.74) is 1.15. The molecule has 1 rings (SSSR count). The Hall–Kier alpha value is -0.410. The Morgan fingerprint density at radius 3 is 2.87 bits per heavy atom. The third kappa shape index (κ3) is 4.31. The van der Waals surface area contributed by atoms with Crippen molar-refractivity contribution >= 4 is 15.9 Å². The van der Waals surface area contributed by atoms with Crippen LogP contribution in [0.1, 0.15) is 32.4 Å². The Kier molecular flexibility index (Phi) is 5.88. The van der Waals surface area contributed by atoms with E-state index in [4.69, 9.17) is 0 Å². The largest absolute Gasteiger partial charge is 0.314 e. The molecular weight excluding hydrogens is 252 g/mol. The first-order valence-corrected chi connectivity index (χ1v) is 6.40. The summed E-state index contributed by atoms with van der Waals surface area (Å²) in [6.07, 6.45) is 5.27. The zero-order chi connectivity index (χ0) is 11.1. The molecule has 84 valence electrons. The van der Waals surface area contributed by atoms with Gasteiger partial charge in [-0.25, -0.2) is 0 Å². The van der Waals surface area contributed by atoms with Crippen molar-refractivity contribution in [1.29, 1.82) is 0 Å². The second-order valence-corrected chi connectivity index (χ2v) is 4.53. The molecule has 0 aliphatic heterocycles. The summed E-state index contributed by atoms with van der Waals surface area (Å²) in [6.45, 7) is 5.39. The summed E-state index contributed by atoms with van der Waals surface area (Å²) in [4.78, 5) is 4.40. The summed E-state index contributed by atoms with van der Waals surface area (Å²) in [6, 6.07) is 4.55. The van der Waals surface area contributed by atoms with Crippen LogP contribution in [-0.2, 0) is 6.42 Å². The molecule has 0 saturated carbocycles. The second-order valence-electron chi connectivity index (χ2n) is 3.68. The van der Waals surface area contributed by atoms with E-state index in [1.54, 1.807) is 0 Å². The lowest BCUT2D eigenvalue weighted by Gasteiger charge is -2.17. The zero-order valence-electron chi connectivity index (χ0n) is 9.46. The Bertz CT molecular complexity index is 283. The van der Waals surface area contributed by atoms with Crippen LogP contribution in [-0.4, -0.2) is 17.6 Å². The van der Waals surface area contributed by atoms with E-state index >= 15 is 0 Å². The van der Waals surface area contributed by atoms with Crippen molar-refractivity contribution in [2.24, 2.45) is 0 Å². The van der Waals surface area contributed by atoms with Gasteiger partial charge in [0.1, 0.15) is 0 Å². The molecule has 1 unspecified atom stereocenters. The SMILES string of the molecule is CCCC(Cc1ncccc1Br)NCC. The number of likely N-dealkylation sites (N-methyl/N-ethyl adjacent to an activating group) is 1. The smallest absolute Gasteiger partial charge is 0.0560 e. The van der Waals surface area contributed by atoms with Crippen LogP contribution < -0.4 is 5.32 Å². The van der Waals surface area contributed by atoms with Gasteiger partial charge in [0, 0.05) is 23.1 Å². The number of hydrogen-bond donors (Lipinski definition) is 1. The maximum absolute atomic E-state index is 4.40. The lowest BCUT2D eigenvalue weighted by atomic mass is 10.1. The van der Waals surface area contributed by atoms with Crippen molar-refractivity contribution in [3.05, 3.63) is 28.5 Å². The molecule has 0 spiro atoms. The Morgan fingerprint density at radius 2 is 2.27 bits per heavy atom. The average Bonchev–Trinajstić information content (AvgIpc) is 2.22. The highest BCUT2D eigenvalue weighted by molar-refractivity contribution is 9.10. The number of pyridine rings is 1. The number of aromatic nitrogens is 1. The van der Waals surface area contributed by atoms with Gasteiger partial charge in [-0.3, -0.25) is 4.98 Å². The molecule has 1 aromatic heterocycles. The van der Waals surface area contributed by atoms with Crippen molar-refractivity contribution < 1.29 is 0 Å². The third-order valence-electron chi connectivity index (χ3n) is 2.40. The van der Waals surface area contributed by atoms with Crippen molar-refractivity contribution in [1.82, 2.24) is 10.3 Å². The molecule has 0 amide bonds. The fourth-order valence-electron chi connectivity index (χ4n) is 1.72. The fourth-order valence-corrected chi connectivity index (χ4v) is 2.13. The van der Waals surface area contributed by atoms with Crippen LogP contribution in [0.15, 0.2) is 22.8 Å². The minimum absolute atomic E-state index is 0.547. The lowest BCUT2D eigenvalue weighted by Crippen LogP contribution is -2.31. The summed E-state index contributed by atoms with van der Waals surface area (Å²) < 4.78 is 1.11. The molecule has 0 aromatic carbocycles. The number of halogens is 1. The van der Waals surface area contributed by atoms with Gasteiger partial charge in [0.25, 0.3) is 0 Å². The predicted octanol–water partition coefficient (Wildman–Crippen LogP) is 3.16. The molecule has 1 aromatic rings. The summed E-state index contributed by atoms with van der Waals surface area (Å²) in [5.74, 6) is 0. The van der Waals surface area contributed by atoms with E-state index in [2.05, 4.69) is 46.1 Å². The Morgan fingerprint density at radius 1 is 1.47 bits per heavy atom. The summed E-state index contributed by atoms with van der Waals surface area (Å²) in [7, 11) is 0. The number of hydrogen-bond acceptors (Lipinski definition) is 2. The van der Waals surface area contributed by atoms with Gasteiger partial charge in [-0.2, -0.15) is 0 Å². The predicted molar refractivity (Wildman–Crippen MR) is 68.0 cm³/mol. The maximum Gasteiger partial charge on any atom is 0.0560 e. The van der Waals surface area contributed by atoms with Gasteiger partial charge in [-0.15, -0.1) is 0 Å². The van der Waals surface area contributed by atoms with E-state index in [0.717, 1.165) is 23.1 Å². The number of nitrogens with one attached hydrogen (secondary N) is 1. The van der Waals surface area contributed by atoms with E-state index in [9.17, 15) is 0 Å². The highest BCUT2D eigenvalue weighted by Crippen LogP contribution is 2.16. The van der Waals surface area contributed by atoms with Crippen LogP contribution in [0.3, 0.4) is 0 Å². The first kappa shape index (κ1) is 12.7. The van der Waals surface area contributed by atoms with Crippen LogP contribution in [0.25, 0.3) is 0 Å². The Labute approximate surface area is 101 Å². The quantitative estimate of drug-likeness (QED) is 0.859. The lowest BCUT2D eigenvalue weighted by molar-refractivity contribution is 0.481. The number of nitrogens with zero attached hydrogens (tertiary/aromatic N) is 1. The van der Waals surface area contributed by atoms with Crippen LogP contribution in [0, 0.1) is 0 Å². The molecule has 1 heterocycles. The molecule has 0 radical (unpaired) electrons. The Balaban J connectivity index is 2.60. The number of rotatable bonds is 6. The van der Waals surface area contributed by atoms with Gasteiger partial charge in [-0.1, -0.05) is 20.3 Å². The molecule has 3 heteroatoms. The van der Waals surface area contributed by atoms with Gasteiger partial charge in [-0.05, 0) is 41.0 Å². The summed E-state index contributed by atoms with van der Waals surface area (Å²) in [5, 5.41) is 3.50. The molecule has 2 nitrogen and oxygen atoms in total. The minimum atomic E-state index is 0.547. The molecule has 15 heavy (non-hydrogen) atoms. The van der Waals surface area contributed by atoms with E-state index in [1.807, 2.05) is 12.3 Å². The first-order chi connectivity index (χ1) is 7.27. The summed E-state index contributed by atoms with van der Waals surface area (Å²) >= 11 is 3.54. The maximum atomic E-state index is 4.40. The van der Waals surface area contributed by atoms with Crippen molar-refractivity contribution in [2.45, 2.75) is 39.2 Å². The highest BCUT2D eigenvalue weighted by atomic mass is 79.9. The van der Waals surface area contributed by atoms with Crippen LogP contribution in [0.5, 0.6) is 0 Å². The van der Waals surface area contributed by atoms with Crippen LogP contribution >= 0.6 is 15.9 Å². The monoisotopic (exact) mass is 270 g/mol. The normalized spacial score (nSPS) is 12.7. The van der Waals surface area contributed by atoms with Crippen molar-refractivity contribution in [3.8, 4) is 0 Å². The molecule has 0 bridgehead atoms. The zero-order valence-corrected chi connectivity index (χ0v) is 11.0. The molecule has 0 fully saturated rings. The minimum Gasteiger partial charge on any atom is -0.314 e. The van der Waals surface area contributed by atoms with E-state index in [1.165, 1.54) is 12.8 Å². The molecule has 1 atom stereocenters. The molecule has 0 saturated heterocycles. The van der Waals surface area contributed by atoms with Gasteiger partial charge >= 0.3 is 0 Å². The molecule has 0 aliphatic rings. The van der Waals surface area contributed by atoms with Gasteiger partial charge in [0.2, 0.25) is 0 Å². The average molecular weight is 271 g/mol.